The van der Waals surface area contributed by atoms with Crippen LogP contribution in [0.3, 0.4) is 0 Å². The fourth-order valence-electron chi connectivity index (χ4n) is 2.83. The number of nitrogens with one attached hydrogen (secondary N) is 1. The molecule has 0 atom stereocenters. The van der Waals surface area contributed by atoms with Gasteiger partial charge in [0.05, 0.1) is 31.5 Å². The number of carbonyl (C=O) groups excluding carboxylic acids is 1. The number of amides is 1. The molecule has 0 radical (unpaired) electrons. The maximum Gasteiger partial charge on any atom is 0.435 e. The fourth-order valence-corrected chi connectivity index (χ4v) is 3.90. The van der Waals surface area contributed by atoms with E-state index >= 15 is 0 Å². The number of hydrogen-bond acceptors (Lipinski definition) is 2. The van der Waals surface area contributed by atoms with Gasteiger partial charge in [0.1, 0.15) is 0 Å². The first-order valence-electron chi connectivity index (χ1n) is 9.70. The highest BCUT2D eigenvalue weighted by Gasteiger charge is 2.74. The summed E-state index contributed by atoms with van der Waals surface area (Å²) in [5, 5.41) is -0.951. The van der Waals surface area contributed by atoms with Crippen molar-refractivity contribution in [3.05, 3.63) is 55.5 Å². The molecule has 0 spiro atoms. The third kappa shape index (κ3) is 7.28. The van der Waals surface area contributed by atoms with Crippen molar-refractivity contribution in [3.63, 3.8) is 0 Å². The van der Waals surface area contributed by atoms with E-state index in [-0.39, 0.29) is 24.3 Å². The van der Waals surface area contributed by atoms with Crippen LogP contribution in [0.25, 0.3) is 0 Å². The SMILES string of the molecule is CC(=O)Nc1c(Cl)cc(C(F)(C(F)(F)F)C(F)(F)F)cc1Cl.Nc1c(Cl)cc(C(F)(C(F)(F)F)C(F)(F)F)cc1Cl. The molecule has 0 fully saturated rings. The van der Waals surface area contributed by atoms with E-state index in [0.717, 1.165) is 6.92 Å². The van der Waals surface area contributed by atoms with E-state index in [1.807, 2.05) is 5.32 Å². The lowest BCUT2D eigenvalue weighted by Crippen LogP contribution is -2.50. The van der Waals surface area contributed by atoms with Gasteiger partial charge in [-0.15, -0.1) is 0 Å². The number of rotatable bonds is 3. The molecule has 0 bridgehead atoms. The molecule has 2 aromatic rings. The van der Waals surface area contributed by atoms with Crippen LogP contribution in [0.2, 0.25) is 20.1 Å². The van der Waals surface area contributed by atoms with E-state index in [2.05, 4.69) is 0 Å². The molecular formula is C20H10Cl4F14N2O. The molecule has 0 aliphatic rings. The van der Waals surface area contributed by atoms with E-state index < -0.39 is 84.5 Å². The second-order valence-electron chi connectivity index (χ2n) is 7.66. The van der Waals surface area contributed by atoms with Crippen molar-refractivity contribution < 1.29 is 66.3 Å². The van der Waals surface area contributed by atoms with Gasteiger partial charge in [-0.3, -0.25) is 4.79 Å². The number of hydrogen-bond donors (Lipinski definition) is 2. The number of alkyl halides is 14. The van der Waals surface area contributed by atoms with Crippen LogP contribution < -0.4 is 11.1 Å². The van der Waals surface area contributed by atoms with Crippen LogP contribution in [0.5, 0.6) is 0 Å². The van der Waals surface area contributed by atoms with Gasteiger partial charge in [-0.2, -0.15) is 52.7 Å². The minimum absolute atomic E-state index is 0.111. The van der Waals surface area contributed by atoms with Crippen LogP contribution in [0.4, 0.5) is 72.8 Å². The molecule has 0 aliphatic carbocycles. The molecule has 1 amide bonds. The summed E-state index contributed by atoms with van der Waals surface area (Å²) in [5.41, 5.74) is -10.6. The van der Waals surface area contributed by atoms with E-state index in [1.165, 1.54) is 0 Å². The van der Waals surface area contributed by atoms with E-state index in [1.54, 1.807) is 0 Å². The van der Waals surface area contributed by atoms with Gasteiger partial charge < -0.3 is 11.1 Å². The molecule has 3 N–H and O–H groups in total. The van der Waals surface area contributed by atoms with E-state index in [9.17, 15) is 66.3 Å². The van der Waals surface area contributed by atoms with Crippen LogP contribution in [-0.2, 0) is 16.1 Å². The Morgan fingerprint density at radius 3 is 1.05 bits per heavy atom. The van der Waals surface area contributed by atoms with Gasteiger partial charge >= 0.3 is 36.0 Å². The number of benzene rings is 2. The van der Waals surface area contributed by atoms with Gasteiger partial charge in [0, 0.05) is 18.1 Å². The lowest BCUT2D eigenvalue weighted by molar-refractivity contribution is -0.349. The highest BCUT2D eigenvalue weighted by molar-refractivity contribution is 6.40. The quantitative estimate of drug-likeness (QED) is 0.247. The molecular weight excluding hydrogens is 692 g/mol. The Morgan fingerprint density at radius 1 is 0.585 bits per heavy atom. The Hall–Kier alpha value is -2.11. The Morgan fingerprint density at radius 2 is 0.829 bits per heavy atom. The highest BCUT2D eigenvalue weighted by atomic mass is 35.5. The van der Waals surface area contributed by atoms with Crippen molar-refractivity contribution >= 4 is 63.7 Å². The maximum absolute atomic E-state index is 13.8. The fraction of sp³-hybridized carbons (Fsp3) is 0.350. The zero-order chi connectivity index (χ0) is 32.7. The van der Waals surface area contributed by atoms with Crippen LogP contribution >= 0.6 is 46.4 Å². The second-order valence-corrected chi connectivity index (χ2v) is 9.29. The van der Waals surface area contributed by atoms with Crippen molar-refractivity contribution in [2.45, 2.75) is 43.0 Å². The highest BCUT2D eigenvalue weighted by Crippen LogP contribution is 2.55. The summed E-state index contributed by atoms with van der Waals surface area (Å²) in [7, 11) is 0. The van der Waals surface area contributed by atoms with Gasteiger partial charge in [-0.05, 0) is 24.3 Å². The Bertz CT molecular complexity index is 1210. The summed E-state index contributed by atoms with van der Waals surface area (Å²) in [5.74, 6) is -0.727. The Kier molecular flexibility index (Phi) is 10.7. The average molecular weight is 702 g/mol. The summed E-state index contributed by atoms with van der Waals surface area (Å²) in [6.07, 6.45) is -25.0. The molecule has 2 rings (SSSR count). The third-order valence-corrected chi connectivity index (χ3v) is 6.00. The molecule has 21 heteroatoms. The number of nitrogen functional groups attached to an aromatic ring is 1. The van der Waals surface area contributed by atoms with Crippen molar-refractivity contribution in [2.24, 2.45) is 0 Å². The number of anilines is 2. The molecule has 0 saturated heterocycles. The monoisotopic (exact) mass is 700 g/mol. The number of carbonyl (C=O) groups is 1. The van der Waals surface area contributed by atoms with Gasteiger partial charge in [-0.1, -0.05) is 46.4 Å². The van der Waals surface area contributed by atoms with E-state index in [0.29, 0.717) is 0 Å². The smallest absolute Gasteiger partial charge is 0.396 e. The molecule has 0 aromatic heterocycles. The van der Waals surface area contributed by atoms with Gasteiger partial charge in [0.2, 0.25) is 5.91 Å². The molecule has 0 unspecified atom stereocenters. The largest absolute Gasteiger partial charge is 0.435 e. The minimum atomic E-state index is -6.28. The average Bonchev–Trinajstić information content (AvgIpc) is 2.75. The normalized spacial score (nSPS) is 13.4. The molecule has 41 heavy (non-hydrogen) atoms. The first-order chi connectivity index (χ1) is 18.0. The summed E-state index contributed by atoms with van der Waals surface area (Å²) in [6, 6.07) is 0.507. The lowest BCUT2D eigenvalue weighted by atomic mass is 9.94. The zero-order valence-electron chi connectivity index (χ0n) is 19.1. The predicted octanol–water partition coefficient (Wildman–Crippen LogP) is 10.1. The van der Waals surface area contributed by atoms with E-state index in [4.69, 9.17) is 52.1 Å². The van der Waals surface area contributed by atoms with Crippen molar-refractivity contribution in [3.8, 4) is 0 Å². The maximum atomic E-state index is 13.8. The molecule has 3 nitrogen and oxygen atoms in total. The number of nitrogens with two attached hydrogens (primary N) is 1. The van der Waals surface area contributed by atoms with Crippen LogP contribution in [-0.4, -0.2) is 30.6 Å². The standard InChI is InChI=1S/C11H6Cl2F7NO.C9H4Cl2F7N/c1-4(22)21-8-6(12)2-5(3-7(8)13)9(14,10(15,16)17)11(18,19)20;10-4-1-3(2-5(11)6(4)19)7(12,8(13,14)15)9(16,17)18/h2-3H,1H3,(H,21,22);1-2H,19H2. The van der Waals surface area contributed by atoms with Crippen molar-refractivity contribution in [1.29, 1.82) is 0 Å². The first-order valence-corrected chi connectivity index (χ1v) is 11.2. The molecule has 0 heterocycles. The summed E-state index contributed by atoms with van der Waals surface area (Å²) >= 11 is 21.6. The molecule has 0 saturated carbocycles. The van der Waals surface area contributed by atoms with Crippen LogP contribution in [0.1, 0.15) is 18.1 Å². The molecule has 232 valence electrons. The second kappa shape index (κ2) is 11.9. The molecule has 2 aromatic carbocycles. The van der Waals surface area contributed by atoms with Crippen molar-refractivity contribution in [1.82, 2.24) is 0 Å². The Balaban J connectivity index is 0.000000414. The topological polar surface area (TPSA) is 55.1 Å². The van der Waals surface area contributed by atoms with Crippen molar-refractivity contribution in [2.75, 3.05) is 11.1 Å². The number of halogens is 18. The lowest BCUT2D eigenvalue weighted by Gasteiger charge is -2.30. The summed E-state index contributed by atoms with van der Waals surface area (Å²) < 4.78 is 178. The van der Waals surface area contributed by atoms with Gasteiger partial charge in [0.15, 0.2) is 0 Å². The third-order valence-electron chi connectivity index (χ3n) is 4.78. The van der Waals surface area contributed by atoms with Crippen LogP contribution in [0.15, 0.2) is 24.3 Å². The summed E-state index contributed by atoms with van der Waals surface area (Å²) in [4.78, 5) is 10.9. The molecule has 0 aliphatic heterocycles. The van der Waals surface area contributed by atoms with Gasteiger partial charge in [-0.25, -0.2) is 8.78 Å². The van der Waals surface area contributed by atoms with Crippen LogP contribution in [0, 0.1) is 0 Å². The van der Waals surface area contributed by atoms with Gasteiger partial charge in [0.25, 0.3) is 0 Å². The first kappa shape index (κ1) is 36.9. The minimum Gasteiger partial charge on any atom is -0.396 e. The predicted molar refractivity (Wildman–Crippen MR) is 121 cm³/mol. The summed E-state index contributed by atoms with van der Waals surface area (Å²) in [6.45, 7) is 1.01. The Labute approximate surface area is 239 Å². The zero-order valence-corrected chi connectivity index (χ0v) is 22.1.